The molecular weight excluding hydrogens is 270 g/mol. The van der Waals surface area contributed by atoms with Crippen molar-refractivity contribution in [1.29, 1.82) is 0 Å². The van der Waals surface area contributed by atoms with Crippen LogP contribution in [0.25, 0.3) is 0 Å². The van der Waals surface area contributed by atoms with E-state index in [0.717, 1.165) is 29.4 Å². The van der Waals surface area contributed by atoms with Crippen LogP contribution < -0.4 is 4.90 Å². The Labute approximate surface area is 125 Å². The number of nitrogens with zero attached hydrogens (tertiary/aromatic N) is 1. The molecule has 1 heterocycles. The Balaban J connectivity index is 2.39. The van der Waals surface area contributed by atoms with Crippen molar-refractivity contribution in [2.45, 2.75) is 32.1 Å². The van der Waals surface area contributed by atoms with Gasteiger partial charge in [-0.1, -0.05) is 26.8 Å². The summed E-state index contributed by atoms with van der Waals surface area (Å²) >= 11 is 1.60. The molecule has 3 nitrogen and oxygen atoms in total. The molecule has 2 unspecified atom stereocenters. The van der Waals surface area contributed by atoms with Crippen LogP contribution in [0.3, 0.4) is 0 Å². The number of thioether (sulfide) groups is 1. The minimum Gasteiger partial charge on any atom is -0.478 e. The molecule has 0 aliphatic carbocycles. The van der Waals surface area contributed by atoms with Crippen molar-refractivity contribution in [3.63, 3.8) is 0 Å². The summed E-state index contributed by atoms with van der Waals surface area (Å²) in [5.74, 6) is 1.30. The number of piperidine rings is 1. The molecule has 0 radical (unpaired) electrons. The highest BCUT2D eigenvalue weighted by Crippen LogP contribution is 2.34. The lowest BCUT2D eigenvalue weighted by molar-refractivity contribution is 0.0693. The summed E-state index contributed by atoms with van der Waals surface area (Å²) in [4.78, 5) is 14.8. The topological polar surface area (TPSA) is 40.5 Å². The molecule has 110 valence electrons. The summed E-state index contributed by atoms with van der Waals surface area (Å²) in [6.45, 7) is 8.44. The standard InChI is InChI=1S/C16H23NO2S/c1-4-20-14-7-5-6-13(15(14)16(18)19)17-9-11(2)8-12(3)10-17/h5-7,11-12H,4,8-10H2,1-3H3,(H,18,19). The zero-order chi connectivity index (χ0) is 14.7. The predicted molar refractivity (Wildman–Crippen MR) is 85.0 cm³/mol. The molecule has 1 aliphatic rings. The summed E-state index contributed by atoms with van der Waals surface area (Å²) in [6.07, 6.45) is 1.22. The first kappa shape index (κ1) is 15.2. The molecule has 1 saturated heterocycles. The second kappa shape index (κ2) is 6.53. The number of rotatable bonds is 4. The van der Waals surface area contributed by atoms with Crippen molar-refractivity contribution < 1.29 is 9.90 Å². The molecule has 0 aromatic heterocycles. The van der Waals surface area contributed by atoms with E-state index in [1.54, 1.807) is 11.8 Å². The Morgan fingerprint density at radius 3 is 2.55 bits per heavy atom. The van der Waals surface area contributed by atoms with Crippen LogP contribution in [0.2, 0.25) is 0 Å². The number of anilines is 1. The number of carbonyl (C=O) groups is 1. The highest BCUT2D eigenvalue weighted by Gasteiger charge is 2.26. The van der Waals surface area contributed by atoms with Crippen LogP contribution in [0, 0.1) is 11.8 Å². The molecule has 0 spiro atoms. The largest absolute Gasteiger partial charge is 0.478 e. The molecule has 20 heavy (non-hydrogen) atoms. The molecule has 0 saturated carbocycles. The van der Waals surface area contributed by atoms with Crippen molar-refractivity contribution >= 4 is 23.4 Å². The van der Waals surface area contributed by atoms with E-state index in [1.165, 1.54) is 6.42 Å². The normalized spacial score (nSPS) is 22.9. The number of carboxylic acids is 1. The fourth-order valence-electron chi connectivity index (χ4n) is 3.13. The molecule has 0 amide bonds. The Hall–Kier alpha value is -1.16. The fourth-order valence-corrected chi connectivity index (χ4v) is 3.96. The van der Waals surface area contributed by atoms with Crippen molar-refractivity contribution in [3.05, 3.63) is 23.8 Å². The molecule has 4 heteroatoms. The zero-order valence-corrected chi connectivity index (χ0v) is 13.2. The first-order valence-corrected chi connectivity index (χ1v) is 8.25. The number of hydrogen-bond acceptors (Lipinski definition) is 3. The number of benzene rings is 1. The van der Waals surface area contributed by atoms with E-state index in [9.17, 15) is 9.90 Å². The van der Waals surface area contributed by atoms with E-state index in [4.69, 9.17) is 0 Å². The lowest BCUT2D eigenvalue weighted by Gasteiger charge is -2.37. The van der Waals surface area contributed by atoms with Crippen molar-refractivity contribution in [3.8, 4) is 0 Å². The summed E-state index contributed by atoms with van der Waals surface area (Å²) in [5, 5.41) is 9.60. The summed E-state index contributed by atoms with van der Waals surface area (Å²) in [5.41, 5.74) is 1.36. The van der Waals surface area contributed by atoms with Crippen LogP contribution >= 0.6 is 11.8 Å². The Kier molecular flexibility index (Phi) is 4.97. The average molecular weight is 293 g/mol. The quantitative estimate of drug-likeness (QED) is 0.853. The first-order valence-electron chi connectivity index (χ1n) is 7.27. The van der Waals surface area contributed by atoms with Gasteiger partial charge in [-0.15, -0.1) is 11.8 Å². The second-order valence-electron chi connectivity index (χ2n) is 5.74. The van der Waals surface area contributed by atoms with Gasteiger partial charge in [-0.3, -0.25) is 0 Å². The van der Waals surface area contributed by atoms with Crippen LogP contribution in [0.15, 0.2) is 23.1 Å². The maximum absolute atomic E-state index is 11.7. The van der Waals surface area contributed by atoms with Gasteiger partial charge >= 0.3 is 5.97 Å². The van der Waals surface area contributed by atoms with Crippen LogP contribution in [-0.2, 0) is 0 Å². The van der Waals surface area contributed by atoms with Gasteiger partial charge in [0, 0.05) is 18.0 Å². The van der Waals surface area contributed by atoms with Crippen LogP contribution in [0.4, 0.5) is 5.69 Å². The molecule has 1 fully saturated rings. The lowest BCUT2D eigenvalue weighted by Crippen LogP contribution is -2.39. The first-order chi connectivity index (χ1) is 9.52. The number of aromatic carboxylic acids is 1. The van der Waals surface area contributed by atoms with Gasteiger partial charge in [-0.05, 0) is 36.1 Å². The smallest absolute Gasteiger partial charge is 0.338 e. The molecule has 2 atom stereocenters. The molecular formula is C16H23NO2S. The van der Waals surface area contributed by atoms with Crippen molar-refractivity contribution in [1.82, 2.24) is 0 Å². The van der Waals surface area contributed by atoms with Gasteiger partial charge in [-0.2, -0.15) is 0 Å². The minimum absolute atomic E-state index is 0.473. The average Bonchev–Trinajstić information content (AvgIpc) is 2.37. The third-order valence-corrected chi connectivity index (χ3v) is 4.67. The molecule has 1 aromatic rings. The Morgan fingerprint density at radius 2 is 2.00 bits per heavy atom. The minimum atomic E-state index is -0.817. The molecule has 1 aromatic carbocycles. The van der Waals surface area contributed by atoms with Gasteiger partial charge < -0.3 is 10.0 Å². The highest BCUT2D eigenvalue weighted by molar-refractivity contribution is 7.99. The summed E-state index contributed by atoms with van der Waals surface area (Å²) in [6, 6.07) is 5.84. The van der Waals surface area contributed by atoms with Gasteiger partial charge in [0.15, 0.2) is 0 Å². The SMILES string of the molecule is CCSc1cccc(N2CC(C)CC(C)C2)c1C(=O)O. The van der Waals surface area contributed by atoms with Gasteiger partial charge in [0.25, 0.3) is 0 Å². The van der Waals surface area contributed by atoms with E-state index < -0.39 is 5.97 Å². The van der Waals surface area contributed by atoms with E-state index in [2.05, 4.69) is 18.7 Å². The van der Waals surface area contributed by atoms with Gasteiger partial charge in [0.05, 0.1) is 11.3 Å². The maximum Gasteiger partial charge on any atom is 0.338 e. The number of carboxylic acid groups (broad SMARTS) is 1. The molecule has 1 aliphatic heterocycles. The summed E-state index contributed by atoms with van der Waals surface area (Å²) < 4.78 is 0. The predicted octanol–water partition coefficient (Wildman–Crippen LogP) is 3.98. The third kappa shape index (κ3) is 3.29. The van der Waals surface area contributed by atoms with Crippen molar-refractivity contribution in [2.75, 3.05) is 23.7 Å². The highest BCUT2D eigenvalue weighted by atomic mass is 32.2. The third-order valence-electron chi connectivity index (χ3n) is 3.73. The van der Waals surface area contributed by atoms with Crippen LogP contribution in [-0.4, -0.2) is 29.9 Å². The van der Waals surface area contributed by atoms with Crippen molar-refractivity contribution in [2.24, 2.45) is 11.8 Å². The van der Waals surface area contributed by atoms with Gasteiger partial charge in [0.2, 0.25) is 0 Å². The van der Waals surface area contributed by atoms with E-state index in [0.29, 0.717) is 17.4 Å². The number of hydrogen-bond donors (Lipinski definition) is 1. The van der Waals surface area contributed by atoms with E-state index in [-0.39, 0.29) is 0 Å². The van der Waals surface area contributed by atoms with Gasteiger partial charge in [0.1, 0.15) is 0 Å². The zero-order valence-electron chi connectivity index (χ0n) is 12.4. The van der Waals surface area contributed by atoms with E-state index in [1.807, 2.05) is 25.1 Å². The summed E-state index contributed by atoms with van der Waals surface area (Å²) in [7, 11) is 0. The Bertz CT molecular complexity index is 479. The van der Waals surface area contributed by atoms with Crippen LogP contribution in [0.1, 0.15) is 37.6 Å². The lowest BCUT2D eigenvalue weighted by atomic mass is 9.91. The Morgan fingerprint density at radius 1 is 1.35 bits per heavy atom. The maximum atomic E-state index is 11.7. The van der Waals surface area contributed by atoms with E-state index >= 15 is 0 Å². The molecule has 2 rings (SSSR count). The van der Waals surface area contributed by atoms with Gasteiger partial charge in [-0.25, -0.2) is 4.79 Å². The molecule has 1 N–H and O–H groups in total. The second-order valence-corrected chi connectivity index (χ2v) is 7.05. The fraction of sp³-hybridized carbons (Fsp3) is 0.562. The molecule has 0 bridgehead atoms. The monoisotopic (exact) mass is 293 g/mol. The van der Waals surface area contributed by atoms with Crippen LogP contribution in [0.5, 0.6) is 0 Å².